The molecule has 4 rings (SSSR count). The monoisotopic (exact) mass is 474 g/mol. The summed E-state index contributed by atoms with van der Waals surface area (Å²) in [6, 6.07) is 9.92. The Morgan fingerprint density at radius 2 is 1.94 bits per heavy atom. The van der Waals surface area contributed by atoms with Crippen molar-refractivity contribution < 1.29 is 8.42 Å². The number of nitrogens with one attached hydrogen (secondary N) is 2. The molecule has 0 bridgehead atoms. The van der Waals surface area contributed by atoms with Crippen molar-refractivity contribution in [1.82, 2.24) is 19.6 Å². The van der Waals surface area contributed by atoms with Crippen molar-refractivity contribution in [2.24, 2.45) is 0 Å². The van der Waals surface area contributed by atoms with Crippen molar-refractivity contribution in [2.75, 3.05) is 19.6 Å². The van der Waals surface area contributed by atoms with Crippen LogP contribution in [0.25, 0.3) is 32.7 Å². The van der Waals surface area contributed by atoms with Crippen molar-refractivity contribution in [3.8, 4) is 21.8 Å². The first kappa shape index (κ1) is 22.2. The van der Waals surface area contributed by atoms with Gasteiger partial charge in [-0.05, 0) is 30.6 Å². The fraction of sp³-hybridized carbons (Fsp3) is 0.318. The number of fused-ring (bicyclic) bond motifs is 1. The number of para-hydroxylation sites is 1. The number of nitrogens with zero attached hydrogens (tertiary/aromatic N) is 2. The summed E-state index contributed by atoms with van der Waals surface area (Å²) < 4.78 is 28.3. The molecule has 0 spiro atoms. The molecule has 164 valence electrons. The standard InChI is InChI=1S/C22H26N4O2S3/c1-4-24-31(27,28)22-18(10-11-29-22)17-9-7-8-15-12-19(25-20(15)17)21-23-13-16(30-21)14-26(5-2)6-3/h7-13,24-25H,4-6,14H2,1-3H3. The van der Waals surface area contributed by atoms with Gasteiger partial charge in [-0.15, -0.1) is 22.7 Å². The van der Waals surface area contributed by atoms with Crippen LogP contribution in [0.3, 0.4) is 0 Å². The van der Waals surface area contributed by atoms with Crippen molar-refractivity contribution in [3.63, 3.8) is 0 Å². The Bertz CT molecular complexity index is 1280. The highest BCUT2D eigenvalue weighted by atomic mass is 32.2. The van der Waals surface area contributed by atoms with Gasteiger partial charge in [-0.3, -0.25) is 4.90 Å². The van der Waals surface area contributed by atoms with Crippen LogP contribution in [0.15, 0.2) is 46.1 Å². The van der Waals surface area contributed by atoms with Gasteiger partial charge in [0.25, 0.3) is 10.0 Å². The molecule has 0 radical (unpaired) electrons. The zero-order valence-corrected chi connectivity index (χ0v) is 20.3. The minimum atomic E-state index is -3.53. The van der Waals surface area contributed by atoms with E-state index in [0.29, 0.717) is 16.3 Å². The summed E-state index contributed by atoms with van der Waals surface area (Å²) in [6.07, 6.45) is 1.95. The summed E-state index contributed by atoms with van der Waals surface area (Å²) in [5, 5.41) is 3.80. The summed E-state index contributed by atoms with van der Waals surface area (Å²) in [5.74, 6) is 0. The first-order chi connectivity index (χ1) is 15.0. The Morgan fingerprint density at radius 3 is 2.68 bits per heavy atom. The second kappa shape index (κ2) is 9.22. The molecule has 0 saturated carbocycles. The second-order valence-electron chi connectivity index (χ2n) is 7.17. The average molecular weight is 475 g/mol. The van der Waals surface area contributed by atoms with Gasteiger partial charge in [0.1, 0.15) is 9.22 Å². The van der Waals surface area contributed by atoms with E-state index in [1.54, 1.807) is 18.3 Å². The molecule has 6 nitrogen and oxygen atoms in total. The van der Waals surface area contributed by atoms with Crippen LogP contribution in [0.1, 0.15) is 25.6 Å². The maximum absolute atomic E-state index is 12.7. The van der Waals surface area contributed by atoms with Gasteiger partial charge in [-0.25, -0.2) is 18.1 Å². The van der Waals surface area contributed by atoms with Gasteiger partial charge in [0.15, 0.2) is 0 Å². The maximum Gasteiger partial charge on any atom is 0.250 e. The van der Waals surface area contributed by atoms with Gasteiger partial charge in [0.2, 0.25) is 0 Å². The van der Waals surface area contributed by atoms with E-state index in [9.17, 15) is 8.42 Å². The quantitative estimate of drug-likeness (QED) is 0.351. The number of thiazole rings is 1. The molecule has 4 aromatic rings. The number of hydrogen-bond donors (Lipinski definition) is 2. The third kappa shape index (κ3) is 4.47. The predicted octanol–water partition coefficient (Wildman–Crippen LogP) is 5.16. The molecule has 1 aromatic carbocycles. The molecule has 0 atom stereocenters. The molecule has 0 unspecified atom stereocenters. The third-order valence-corrected chi connectivity index (χ3v) is 9.26. The SMILES string of the molecule is CCNS(=O)(=O)c1sccc1-c1cccc2cc(-c3ncc(CN(CC)CC)s3)[nH]c12. The molecule has 0 fully saturated rings. The largest absolute Gasteiger partial charge is 0.352 e. The molecule has 3 aromatic heterocycles. The van der Waals surface area contributed by atoms with E-state index in [1.165, 1.54) is 16.2 Å². The number of aromatic nitrogens is 2. The Balaban J connectivity index is 1.73. The van der Waals surface area contributed by atoms with Crippen LogP contribution in [-0.4, -0.2) is 42.9 Å². The Kier molecular flexibility index (Phi) is 6.59. The smallest absolute Gasteiger partial charge is 0.250 e. The zero-order chi connectivity index (χ0) is 22.0. The lowest BCUT2D eigenvalue weighted by Crippen LogP contribution is -2.22. The fourth-order valence-corrected chi connectivity index (χ4v) is 7.02. The van der Waals surface area contributed by atoms with Gasteiger partial charge < -0.3 is 4.98 Å². The van der Waals surface area contributed by atoms with E-state index < -0.39 is 10.0 Å². The van der Waals surface area contributed by atoms with Crippen molar-refractivity contribution in [2.45, 2.75) is 31.5 Å². The summed E-state index contributed by atoms with van der Waals surface area (Å²) in [4.78, 5) is 11.7. The summed E-state index contributed by atoms with van der Waals surface area (Å²) in [7, 11) is -3.53. The number of aromatic amines is 1. The highest BCUT2D eigenvalue weighted by Crippen LogP contribution is 2.38. The van der Waals surface area contributed by atoms with Gasteiger partial charge in [-0.2, -0.15) is 0 Å². The number of hydrogen-bond acceptors (Lipinski definition) is 6. The third-order valence-electron chi connectivity index (χ3n) is 5.21. The van der Waals surface area contributed by atoms with Crippen molar-refractivity contribution in [1.29, 1.82) is 0 Å². The highest BCUT2D eigenvalue weighted by Gasteiger charge is 2.22. The maximum atomic E-state index is 12.7. The minimum Gasteiger partial charge on any atom is -0.352 e. The normalized spacial score (nSPS) is 12.3. The van der Waals surface area contributed by atoms with E-state index in [1.807, 2.05) is 35.8 Å². The van der Waals surface area contributed by atoms with Crippen LogP contribution in [0.5, 0.6) is 0 Å². The topological polar surface area (TPSA) is 78.1 Å². The van der Waals surface area contributed by atoms with Crippen LogP contribution >= 0.6 is 22.7 Å². The Morgan fingerprint density at radius 1 is 1.13 bits per heavy atom. The number of benzene rings is 1. The van der Waals surface area contributed by atoms with Gasteiger partial charge in [-0.1, -0.05) is 39.0 Å². The minimum absolute atomic E-state index is 0.341. The molecule has 0 aliphatic heterocycles. The molecular formula is C22H26N4O2S3. The zero-order valence-electron chi connectivity index (χ0n) is 17.8. The Labute approximate surface area is 191 Å². The number of thiophene rings is 1. The highest BCUT2D eigenvalue weighted by molar-refractivity contribution is 7.91. The molecule has 3 heterocycles. The summed E-state index contributed by atoms with van der Waals surface area (Å²) in [5.41, 5.74) is 3.46. The van der Waals surface area contributed by atoms with Crippen LogP contribution < -0.4 is 4.72 Å². The Hall–Kier alpha value is -2.04. The first-order valence-electron chi connectivity index (χ1n) is 10.3. The van der Waals surface area contributed by atoms with Crippen molar-refractivity contribution >= 4 is 43.6 Å². The lowest BCUT2D eigenvalue weighted by molar-refractivity contribution is 0.298. The van der Waals surface area contributed by atoms with Gasteiger partial charge in [0, 0.05) is 40.7 Å². The number of H-pyrrole nitrogens is 1. The molecule has 31 heavy (non-hydrogen) atoms. The molecular weight excluding hydrogens is 448 g/mol. The molecule has 0 aliphatic carbocycles. The van der Waals surface area contributed by atoms with Crippen LogP contribution in [0.2, 0.25) is 0 Å². The van der Waals surface area contributed by atoms with Gasteiger partial charge in [0.05, 0.1) is 11.2 Å². The molecule has 2 N–H and O–H groups in total. The number of rotatable bonds is 9. The summed E-state index contributed by atoms with van der Waals surface area (Å²) >= 11 is 2.93. The van der Waals surface area contributed by atoms with E-state index in [-0.39, 0.29) is 0 Å². The van der Waals surface area contributed by atoms with E-state index >= 15 is 0 Å². The number of sulfonamides is 1. The molecule has 0 amide bonds. The summed E-state index contributed by atoms with van der Waals surface area (Å²) in [6.45, 7) is 9.40. The van der Waals surface area contributed by atoms with Gasteiger partial charge >= 0.3 is 0 Å². The van der Waals surface area contributed by atoms with Crippen LogP contribution in [0, 0.1) is 0 Å². The lowest BCUT2D eigenvalue weighted by Gasteiger charge is -2.15. The molecule has 0 saturated heterocycles. The van der Waals surface area contributed by atoms with Crippen LogP contribution in [0.4, 0.5) is 0 Å². The fourth-order valence-electron chi connectivity index (χ4n) is 3.63. The lowest BCUT2D eigenvalue weighted by atomic mass is 10.1. The van der Waals surface area contributed by atoms with E-state index in [4.69, 9.17) is 0 Å². The van der Waals surface area contributed by atoms with E-state index in [0.717, 1.165) is 46.8 Å². The van der Waals surface area contributed by atoms with Crippen molar-refractivity contribution in [3.05, 3.63) is 46.8 Å². The average Bonchev–Trinajstić information content (AvgIpc) is 3.50. The first-order valence-corrected chi connectivity index (χ1v) is 13.5. The second-order valence-corrected chi connectivity index (χ2v) is 11.2. The molecule has 9 heteroatoms. The van der Waals surface area contributed by atoms with E-state index in [2.05, 4.69) is 39.5 Å². The predicted molar refractivity (Wildman–Crippen MR) is 130 cm³/mol. The molecule has 0 aliphatic rings. The van der Waals surface area contributed by atoms with Crippen LogP contribution in [-0.2, 0) is 16.6 Å².